The van der Waals surface area contributed by atoms with Gasteiger partial charge in [0.1, 0.15) is 0 Å². The van der Waals surface area contributed by atoms with Gasteiger partial charge in [-0.25, -0.2) is 0 Å². The molecule has 0 aliphatic rings. The third-order valence-corrected chi connectivity index (χ3v) is 2.75. The highest BCUT2D eigenvalue weighted by Gasteiger charge is 2.20. The van der Waals surface area contributed by atoms with E-state index >= 15 is 0 Å². The van der Waals surface area contributed by atoms with Gasteiger partial charge in [-0.2, -0.15) is 0 Å². The SMILES string of the molecule is C=CCCCCCCC(CC)C(=O)N(O)O. The number of hydrogen-bond donors (Lipinski definition) is 2. The Balaban J connectivity index is 3.63. The Morgan fingerprint density at radius 2 is 1.94 bits per heavy atom. The number of rotatable bonds is 9. The smallest absolute Gasteiger partial charge is 0.270 e. The molecule has 0 saturated carbocycles. The maximum absolute atomic E-state index is 11.3. The average Bonchev–Trinajstić information content (AvgIpc) is 2.27. The van der Waals surface area contributed by atoms with Gasteiger partial charge < -0.3 is 0 Å². The van der Waals surface area contributed by atoms with Crippen LogP contribution in [0.15, 0.2) is 12.7 Å². The summed E-state index contributed by atoms with van der Waals surface area (Å²) in [6.07, 6.45) is 8.62. The molecular formula is C12H23NO3. The van der Waals surface area contributed by atoms with Crippen LogP contribution in [0.1, 0.15) is 51.9 Å². The molecule has 1 amide bonds. The second-order valence-corrected chi connectivity index (χ2v) is 4.01. The van der Waals surface area contributed by atoms with Gasteiger partial charge in [0.05, 0.1) is 0 Å². The van der Waals surface area contributed by atoms with E-state index in [1.807, 2.05) is 13.0 Å². The number of hydroxylamine groups is 2. The number of hydrogen-bond acceptors (Lipinski definition) is 3. The van der Waals surface area contributed by atoms with Crippen LogP contribution in [0.5, 0.6) is 0 Å². The van der Waals surface area contributed by atoms with E-state index in [0.29, 0.717) is 6.42 Å². The molecule has 4 heteroatoms. The van der Waals surface area contributed by atoms with Gasteiger partial charge in [-0.1, -0.05) is 37.5 Å². The normalized spacial score (nSPS) is 12.2. The molecular weight excluding hydrogens is 206 g/mol. The number of unbranched alkanes of at least 4 members (excludes halogenated alkanes) is 4. The zero-order chi connectivity index (χ0) is 12.4. The molecule has 0 radical (unpaired) electrons. The first-order chi connectivity index (χ1) is 7.63. The highest BCUT2D eigenvalue weighted by Crippen LogP contribution is 2.16. The van der Waals surface area contributed by atoms with Crippen LogP contribution in [-0.4, -0.2) is 21.5 Å². The van der Waals surface area contributed by atoms with Crippen molar-refractivity contribution in [2.45, 2.75) is 51.9 Å². The molecule has 0 rings (SSSR count). The minimum Gasteiger partial charge on any atom is -0.270 e. The summed E-state index contributed by atoms with van der Waals surface area (Å²) in [5.41, 5.74) is 0. The predicted molar refractivity (Wildman–Crippen MR) is 62.1 cm³/mol. The number of amides is 1. The summed E-state index contributed by atoms with van der Waals surface area (Å²) in [6, 6.07) is 0. The highest BCUT2D eigenvalue weighted by atomic mass is 16.8. The molecule has 0 aliphatic carbocycles. The molecule has 0 heterocycles. The van der Waals surface area contributed by atoms with Gasteiger partial charge in [0, 0.05) is 5.92 Å². The van der Waals surface area contributed by atoms with Gasteiger partial charge in [-0.15, -0.1) is 6.58 Å². The Morgan fingerprint density at radius 3 is 2.44 bits per heavy atom. The van der Waals surface area contributed by atoms with Crippen molar-refractivity contribution in [1.82, 2.24) is 5.23 Å². The van der Waals surface area contributed by atoms with Crippen LogP contribution in [-0.2, 0) is 4.79 Å². The second kappa shape index (κ2) is 9.36. The van der Waals surface area contributed by atoms with Crippen molar-refractivity contribution >= 4 is 5.91 Å². The van der Waals surface area contributed by atoms with Crippen LogP contribution in [0.3, 0.4) is 0 Å². The van der Waals surface area contributed by atoms with E-state index in [-0.39, 0.29) is 11.1 Å². The maximum Gasteiger partial charge on any atom is 0.276 e. The molecule has 2 N–H and O–H groups in total. The van der Waals surface area contributed by atoms with Crippen LogP contribution in [0.25, 0.3) is 0 Å². The Kier molecular flexibility index (Phi) is 8.85. The molecule has 0 aromatic heterocycles. The standard InChI is InChI=1S/C12H23NO3/c1-3-5-6-7-8-9-10-11(4-2)12(14)13(15)16/h3,11,15-16H,1,4-10H2,2H3. The molecule has 4 nitrogen and oxygen atoms in total. The monoisotopic (exact) mass is 229 g/mol. The minimum atomic E-state index is -0.603. The third-order valence-electron chi connectivity index (χ3n) is 2.75. The quantitative estimate of drug-likeness (QED) is 0.276. The summed E-state index contributed by atoms with van der Waals surface area (Å²) in [6.45, 7) is 5.54. The summed E-state index contributed by atoms with van der Waals surface area (Å²) in [5.74, 6) is -0.872. The Labute approximate surface area is 97.5 Å². The summed E-state index contributed by atoms with van der Waals surface area (Å²) in [4.78, 5) is 11.3. The van der Waals surface area contributed by atoms with Crippen molar-refractivity contribution in [2.75, 3.05) is 0 Å². The largest absolute Gasteiger partial charge is 0.276 e. The lowest BCUT2D eigenvalue weighted by atomic mass is 9.97. The van der Waals surface area contributed by atoms with E-state index in [1.54, 1.807) is 0 Å². The molecule has 0 aliphatic heterocycles. The van der Waals surface area contributed by atoms with Crippen LogP contribution < -0.4 is 0 Å². The average molecular weight is 229 g/mol. The van der Waals surface area contributed by atoms with Crippen molar-refractivity contribution in [3.8, 4) is 0 Å². The molecule has 1 atom stereocenters. The van der Waals surface area contributed by atoms with Crippen molar-refractivity contribution in [3.63, 3.8) is 0 Å². The van der Waals surface area contributed by atoms with E-state index in [9.17, 15) is 4.79 Å². The van der Waals surface area contributed by atoms with Crippen LogP contribution >= 0.6 is 0 Å². The lowest BCUT2D eigenvalue weighted by molar-refractivity contribution is -0.288. The van der Waals surface area contributed by atoms with E-state index in [0.717, 1.165) is 38.5 Å². The van der Waals surface area contributed by atoms with Gasteiger partial charge in [0.15, 0.2) is 0 Å². The van der Waals surface area contributed by atoms with Gasteiger partial charge in [-0.05, 0) is 25.7 Å². The van der Waals surface area contributed by atoms with Gasteiger partial charge in [0.25, 0.3) is 5.91 Å². The molecule has 0 aromatic carbocycles. The topological polar surface area (TPSA) is 60.8 Å². The second-order valence-electron chi connectivity index (χ2n) is 4.01. The molecule has 16 heavy (non-hydrogen) atoms. The van der Waals surface area contributed by atoms with Crippen molar-refractivity contribution in [3.05, 3.63) is 12.7 Å². The highest BCUT2D eigenvalue weighted by molar-refractivity contribution is 5.76. The van der Waals surface area contributed by atoms with Crippen molar-refractivity contribution < 1.29 is 15.2 Å². The fraction of sp³-hybridized carbons (Fsp3) is 0.750. The molecule has 0 aromatic rings. The van der Waals surface area contributed by atoms with Crippen LogP contribution in [0, 0.1) is 5.92 Å². The number of nitrogens with zero attached hydrogens (tertiary/aromatic N) is 1. The van der Waals surface area contributed by atoms with Crippen LogP contribution in [0.2, 0.25) is 0 Å². The summed E-state index contributed by atoms with van der Waals surface area (Å²) in [5, 5.41) is 17.0. The molecule has 1 unspecified atom stereocenters. The third kappa shape index (κ3) is 6.58. The maximum atomic E-state index is 11.3. The van der Waals surface area contributed by atoms with E-state index in [4.69, 9.17) is 10.4 Å². The first-order valence-corrected chi connectivity index (χ1v) is 5.96. The van der Waals surface area contributed by atoms with Crippen molar-refractivity contribution in [1.29, 1.82) is 0 Å². The van der Waals surface area contributed by atoms with E-state index in [1.165, 1.54) is 0 Å². The zero-order valence-electron chi connectivity index (χ0n) is 10.1. The molecule has 0 spiro atoms. The Hall–Kier alpha value is -0.870. The van der Waals surface area contributed by atoms with Gasteiger partial charge in [0.2, 0.25) is 0 Å². The molecule has 0 bridgehead atoms. The lowest BCUT2D eigenvalue weighted by Crippen LogP contribution is -2.30. The number of carbonyl (C=O) groups is 1. The first kappa shape index (κ1) is 15.1. The molecule has 0 saturated heterocycles. The first-order valence-electron chi connectivity index (χ1n) is 5.96. The van der Waals surface area contributed by atoms with Crippen LogP contribution in [0.4, 0.5) is 0 Å². The predicted octanol–water partition coefficient (Wildman–Crippen LogP) is 3.15. The number of allylic oxidation sites excluding steroid dienone is 1. The molecule has 0 fully saturated rings. The summed E-state index contributed by atoms with van der Waals surface area (Å²) >= 11 is 0. The molecule has 94 valence electrons. The summed E-state index contributed by atoms with van der Waals surface area (Å²) < 4.78 is 0. The minimum absolute atomic E-state index is 0.269. The Bertz CT molecular complexity index is 204. The van der Waals surface area contributed by atoms with Gasteiger partial charge >= 0.3 is 0 Å². The zero-order valence-corrected chi connectivity index (χ0v) is 10.1. The van der Waals surface area contributed by atoms with E-state index < -0.39 is 5.91 Å². The lowest BCUT2D eigenvalue weighted by Gasteiger charge is -2.15. The Morgan fingerprint density at radius 1 is 1.31 bits per heavy atom. The van der Waals surface area contributed by atoms with E-state index in [2.05, 4.69) is 6.58 Å². The summed E-state index contributed by atoms with van der Waals surface area (Å²) in [7, 11) is 0. The van der Waals surface area contributed by atoms with Gasteiger partial charge in [-0.3, -0.25) is 15.2 Å². The number of carbonyl (C=O) groups excluding carboxylic acids is 1. The fourth-order valence-corrected chi connectivity index (χ4v) is 1.70. The fourth-order valence-electron chi connectivity index (χ4n) is 1.70. The van der Waals surface area contributed by atoms with Crippen molar-refractivity contribution in [2.24, 2.45) is 5.92 Å².